The van der Waals surface area contributed by atoms with Crippen LogP contribution in [0.5, 0.6) is 0 Å². The van der Waals surface area contributed by atoms with Crippen LogP contribution < -0.4 is 10.6 Å². The number of benzene rings is 1. The summed E-state index contributed by atoms with van der Waals surface area (Å²) in [7, 11) is 0. The molecular formula is C16H24N2O. The van der Waals surface area contributed by atoms with Crippen molar-refractivity contribution in [3.63, 3.8) is 0 Å². The monoisotopic (exact) mass is 260 g/mol. The minimum absolute atomic E-state index is 0.0667. The first kappa shape index (κ1) is 13.9. The molecule has 1 aromatic rings. The van der Waals surface area contributed by atoms with Crippen LogP contribution >= 0.6 is 0 Å². The average Bonchev–Trinajstić information content (AvgIpc) is 2.90. The molecule has 3 nitrogen and oxygen atoms in total. The van der Waals surface area contributed by atoms with Crippen LogP contribution in [0.15, 0.2) is 18.2 Å². The van der Waals surface area contributed by atoms with Gasteiger partial charge in [-0.3, -0.25) is 4.79 Å². The fourth-order valence-corrected chi connectivity index (χ4v) is 2.60. The highest BCUT2D eigenvalue weighted by atomic mass is 16.1. The Hall–Kier alpha value is -1.51. The van der Waals surface area contributed by atoms with Crippen molar-refractivity contribution in [2.24, 2.45) is 0 Å². The van der Waals surface area contributed by atoms with Gasteiger partial charge in [-0.2, -0.15) is 0 Å². The van der Waals surface area contributed by atoms with E-state index in [1.165, 1.54) is 12.8 Å². The van der Waals surface area contributed by atoms with Crippen LogP contribution in [0.4, 0.5) is 5.69 Å². The Kier molecular flexibility index (Phi) is 4.83. The number of amides is 1. The third-order valence-electron chi connectivity index (χ3n) is 3.74. The maximum atomic E-state index is 12.1. The first-order valence-corrected chi connectivity index (χ1v) is 7.36. The van der Waals surface area contributed by atoms with Gasteiger partial charge >= 0.3 is 0 Å². The summed E-state index contributed by atoms with van der Waals surface area (Å²) in [6, 6.07) is 6.28. The van der Waals surface area contributed by atoms with Gasteiger partial charge < -0.3 is 10.6 Å². The van der Waals surface area contributed by atoms with Crippen LogP contribution in [0.2, 0.25) is 0 Å². The molecule has 2 N–H and O–H groups in total. The number of rotatable bonds is 5. The molecule has 0 atom stereocenters. The minimum Gasteiger partial charge on any atom is -0.385 e. The quantitative estimate of drug-likeness (QED) is 0.851. The summed E-state index contributed by atoms with van der Waals surface area (Å²) in [4.78, 5) is 12.1. The topological polar surface area (TPSA) is 41.1 Å². The third kappa shape index (κ3) is 3.72. The van der Waals surface area contributed by atoms with Crippen LogP contribution in [0.25, 0.3) is 0 Å². The van der Waals surface area contributed by atoms with E-state index >= 15 is 0 Å². The fourth-order valence-electron chi connectivity index (χ4n) is 2.60. The van der Waals surface area contributed by atoms with Crippen molar-refractivity contribution in [1.29, 1.82) is 0 Å². The number of aryl methyl sites for hydroxylation is 1. The number of hydrogen-bond donors (Lipinski definition) is 2. The first-order chi connectivity index (χ1) is 9.20. The molecule has 1 fully saturated rings. The van der Waals surface area contributed by atoms with Gasteiger partial charge in [0.15, 0.2) is 0 Å². The van der Waals surface area contributed by atoms with Gasteiger partial charge in [0.25, 0.3) is 5.91 Å². The van der Waals surface area contributed by atoms with Gasteiger partial charge in [0.05, 0.1) is 0 Å². The maximum absolute atomic E-state index is 12.1. The molecule has 1 aliphatic carbocycles. The molecular weight excluding hydrogens is 236 g/mol. The van der Waals surface area contributed by atoms with E-state index in [4.69, 9.17) is 0 Å². The predicted molar refractivity (Wildman–Crippen MR) is 79.7 cm³/mol. The van der Waals surface area contributed by atoms with E-state index < -0.39 is 0 Å². The Morgan fingerprint density at radius 2 is 2.05 bits per heavy atom. The van der Waals surface area contributed by atoms with Crippen LogP contribution in [-0.4, -0.2) is 18.5 Å². The van der Waals surface area contributed by atoms with E-state index in [-0.39, 0.29) is 5.91 Å². The van der Waals surface area contributed by atoms with Gasteiger partial charge in [0, 0.05) is 23.8 Å². The molecule has 1 saturated carbocycles. The van der Waals surface area contributed by atoms with Gasteiger partial charge in [-0.25, -0.2) is 0 Å². The highest BCUT2D eigenvalue weighted by Gasteiger charge is 2.18. The maximum Gasteiger partial charge on any atom is 0.251 e. The molecule has 3 heteroatoms. The number of hydrogen-bond acceptors (Lipinski definition) is 2. The highest BCUT2D eigenvalue weighted by molar-refractivity contribution is 5.95. The zero-order valence-corrected chi connectivity index (χ0v) is 12.0. The second-order valence-electron chi connectivity index (χ2n) is 5.41. The van der Waals surface area contributed by atoms with Crippen molar-refractivity contribution in [3.05, 3.63) is 29.3 Å². The lowest BCUT2D eigenvalue weighted by atomic mass is 10.1. The number of carbonyl (C=O) groups excluding carboxylic acids is 1. The molecule has 1 aromatic carbocycles. The lowest BCUT2D eigenvalue weighted by Crippen LogP contribution is -2.32. The van der Waals surface area contributed by atoms with Crippen molar-refractivity contribution in [1.82, 2.24) is 5.32 Å². The van der Waals surface area contributed by atoms with Crippen LogP contribution in [0.1, 0.15) is 54.9 Å². The second kappa shape index (κ2) is 6.60. The summed E-state index contributed by atoms with van der Waals surface area (Å²) in [5.74, 6) is 0.0667. The van der Waals surface area contributed by atoms with E-state index in [1.807, 2.05) is 25.1 Å². The van der Waals surface area contributed by atoms with Crippen molar-refractivity contribution in [2.75, 3.05) is 11.9 Å². The molecule has 0 bridgehead atoms. The van der Waals surface area contributed by atoms with E-state index in [2.05, 4.69) is 17.6 Å². The van der Waals surface area contributed by atoms with Crippen molar-refractivity contribution in [3.8, 4) is 0 Å². The van der Waals surface area contributed by atoms with Gasteiger partial charge in [-0.15, -0.1) is 0 Å². The lowest BCUT2D eigenvalue weighted by Gasteiger charge is -2.14. The third-order valence-corrected chi connectivity index (χ3v) is 3.74. The minimum atomic E-state index is 0.0667. The fraction of sp³-hybridized carbons (Fsp3) is 0.562. The smallest absolute Gasteiger partial charge is 0.251 e. The van der Waals surface area contributed by atoms with Crippen LogP contribution in [0, 0.1) is 6.92 Å². The summed E-state index contributed by atoms with van der Waals surface area (Å²) in [6.45, 7) is 5.16. The Morgan fingerprint density at radius 1 is 1.32 bits per heavy atom. The molecule has 0 radical (unpaired) electrons. The Labute approximate surface area is 115 Å². The molecule has 1 aliphatic rings. The average molecular weight is 260 g/mol. The zero-order chi connectivity index (χ0) is 13.7. The standard InChI is InChI=1S/C16H24N2O/c1-3-10-17-15-9-8-13(11-12(15)2)16(19)18-14-6-4-5-7-14/h8-9,11,14,17H,3-7,10H2,1-2H3,(H,18,19). The molecule has 0 aromatic heterocycles. The number of anilines is 1. The van der Waals surface area contributed by atoms with Gasteiger partial charge in [0.2, 0.25) is 0 Å². The lowest BCUT2D eigenvalue weighted by molar-refractivity contribution is 0.0938. The molecule has 0 spiro atoms. The molecule has 104 valence electrons. The van der Waals surface area contributed by atoms with Gasteiger partial charge in [-0.05, 0) is 49.9 Å². The summed E-state index contributed by atoms with van der Waals surface area (Å²) < 4.78 is 0. The normalized spacial score (nSPS) is 15.5. The first-order valence-electron chi connectivity index (χ1n) is 7.36. The summed E-state index contributed by atoms with van der Waals surface area (Å²) in [6.07, 6.45) is 5.83. The zero-order valence-electron chi connectivity index (χ0n) is 12.0. The molecule has 0 saturated heterocycles. The molecule has 2 rings (SSSR count). The summed E-state index contributed by atoms with van der Waals surface area (Å²) >= 11 is 0. The number of nitrogens with one attached hydrogen (secondary N) is 2. The van der Waals surface area contributed by atoms with Crippen molar-refractivity contribution >= 4 is 11.6 Å². The molecule has 0 heterocycles. The van der Waals surface area contributed by atoms with E-state index in [0.717, 1.165) is 42.6 Å². The largest absolute Gasteiger partial charge is 0.385 e. The Balaban J connectivity index is 1.99. The Morgan fingerprint density at radius 3 is 2.68 bits per heavy atom. The SMILES string of the molecule is CCCNc1ccc(C(=O)NC2CCCC2)cc1C. The summed E-state index contributed by atoms with van der Waals surface area (Å²) in [5, 5.41) is 6.50. The predicted octanol–water partition coefficient (Wildman–Crippen LogP) is 3.49. The van der Waals surface area contributed by atoms with Crippen molar-refractivity contribution in [2.45, 2.75) is 52.0 Å². The molecule has 1 amide bonds. The van der Waals surface area contributed by atoms with Gasteiger partial charge in [0.1, 0.15) is 0 Å². The van der Waals surface area contributed by atoms with Crippen LogP contribution in [0.3, 0.4) is 0 Å². The molecule has 0 unspecified atom stereocenters. The van der Waals surface area contributed by atoms with E-state index in [1.54, 1.807) is 0 Å². The molecule has 0 aliphatic heterocycles. The Bertz CT molecular complexity index is 436. The summed E-state index contributed by atoms with van der Waals surface area (Å²) in [5.41, 5.74) is 3.03. The second-order valence-corrected chi connectivity index (χ2v) is 5.41. The highest BCUT2D eigenvalue weighted by Crippen LogP contribution is 2.20. The molecule has 19 heavy (non-hydrogen) atoms. The van der Waals surface area contributed by atoms with Gasteiger partial charge in [-0.1, -0.05) is 19.8 Å². The van der Waals surface area contributed by atoms with E-state index in [9.17, 15) is 4.79 Å². The van der Waals surface area contributed by atoms with Crippen LogP contribution in [-0.2, 0) is 0 Å². The van der Waals surface area contributed by atoms with Crippen molar-refractivity contribution < 1.29 is 4.79 Å². The number of carbonyl (C=O) groups is 1. The van der Waals surface area contributed by atoms with E-state index in [0.29, 0.717) is 6.04 Å².